The van der Waals surface area contributed by atoms with Crippen LogP contribution in [0.1, 0.15) is 27.7 Å². The first-order chi connectivity index (χ1) is 7.83. The third kappa shape index (κ3) is 40.5. The quantitative estimate of drug-likeness (QED) is 0.338. The zero-order valence-electron chi connectivity index (χ0n) is 10.9. The highest BCUT2D eigenvalue weighted by Gasteiger charge is 1.98. The number of hydrogen-bond donors (Lipinski definition) is 2. The smallest absolute Gasteiger partial charge is 0.333 e. The highest BCUT2D eigenvalue weighted by molar-refractivity contribution is 5.86. The number of ether oxygens (including phenoxy) is 1. The third-order valence-corrected chi connectivity index (χ3v) is 1.12. The molecule has 0 saturated carbocycles. The molecule has 0 aliphatic rings. The van der Waals surface area contributed by atoms with Crippen molar-refractivity contribution >= 4 is 5.97 Å². The molecule has 0 amide bonds. The summed E-state index contributed by atoms with van der Waals surface area (Å²) in [6.07, 6.45) is 0. The molecule has 0 atom stereocenters. The number of esters is 1. The van der Waals surface area contributed by atoms with Crippen molar-refractivity contribution in [2.45, 2.75) is 27.7 Å². The molecule has 0 radical (unpaired) electrons. The summed E-state index contributed by atoms with van der Waals surface area (Å²) in [5.41, 5.74) is 0.451. The second-order valence-electron chi connectivity index (χ2n) is 2.70. The number of carbonyl (C=O) groups is 1. The molecule has 0 aromatic carbocycles. The average molecular weight is 250 g/mol. The molecule has 0 unspecified atom stereocenters. The van der Waals surface area contributed by atoms with Gasteiger partial charge in [-0.05, 0) is 26.9 Å². The van der Waals surface area contributed by atoms with Crippen LogP contribution in [-0.4, -0.2) is 36.0 Å². The van der Waals surface area contributed by atoms with Crippen LogP contribution in [0.5, 0.6) is 0 Å². The predicted molar refractivity (Wildman–Crippen MR) is 64.4 cm³/mol. The lowest BCUT2D eigenvalue weighted by atomic mass is 10.4. The van der Waals surface area contributed by atoms with Crippen LogP contribution in [0.4, 0.5) is 0 Å². The van der Waals surface area contributed by atoms with Crippen LogP contribution in [0.15, 0.2) is 12.2 Å². The number of nitrogens with one attached hydrogen (secondary N) is 1. The van der Waals surface area contributed by atoms with Crippen molar-refractivity contribution in [2.75, 3.05) is 19.7 Å². The largest absolute Gasteiger partial charge is 0.463 e. The maximum atomic E-state index is 10.4. The summed E-state index contributed by atoms with van der Waals surface area (Å²) in [7, 11) is 0. The Kier molecular flexibility index (Phi) is 20.5. The zero-order chi connectivity index (χ0) is 14.3. The van der Waals surface area contributed by atoms with E-state index in [9.17, 15) is 4.79 Å². The van der Waals surface area contributed by atoms with Gasteiger partial charge in [0.25, 0.3) is 5.09 Å². The summed E-state index contributed by atoms with van der Waals surface area (Å²) in [5, 5.41) is 16.8. The molecule has 7 heteroatoms. The summed E-state index contributed by atoms with van der Waals surface area (Å²) in [5.74, 6) is -0.312. The van der Waals surface area contributed by atoms with Gasteiger partial charge in [-0.3, -0.25) is 0 Å². The summed E-state index contributed by atoms with van der Waals surface area (Å²) < 4.78 is 4.56. The maximum Gasteiger partial charge on any atom is 0.333 e. The van der Waals surface area contributed by atoms with Gasteiger partial charge in [-0.25, -0.2) is 4.79 Å². The van der Waals surface area contributed by atoms with Gasteiger partial charge in [-0.15, -0.1) is 10.1 Å². The van der Waals surface area contributed by atoms with Crippen molar-refractivity contribution in [3.8, 4) is 0 Å². The van der Waals surface area contributed by atoms with E-state index >= 15 is 0 Å². The fourth-order valence-electron chi connectivity index (χ4n) is 0.504. The minimum absolute atomic E-state index is 0.312. The normalized spacial score (nSPS) is 7.76. The van der Waals surface area contributed by atoms with Crippen molar-refractivity contribution in [1.82, 2.24) is 5.32 Å². The van der Waals surface area contributed by atoms with Crippen LogP contribution in [0.25, 0.3) is 0 Å². The number of hydrogen-bond acceptors (Lipinski definition) is 5. The van der Waals surface area contributed by atoms with Crippen molar-refractivity contribution < 1.29 is 19.8 Å². The lowest BCUT2D eigenvalue weighted by Crippen LogP contribution is -2.09. The monoisotopic (exact) mass is 250 g/mol. The van der Waals surface area contributed by atoms with Gasteiger partial charge in [-0.1, -0.05) is 20.4 Å². The van der Waals surface area contributed by atoms with E-state index in [1.807, 2.05) is 0 Å². The molecule has 0 aliphatic heterocycles. The van der Waals surface area contributed by atoms with Gasteiger partial charge < -0.3 is 15.3 Å². The highest BCUT2D eigenvalue weighted by atomic mass is 16.9. The Labute approximate surface area is 102 Å². The van der Waals surface area contributed by atoms with E-state index in [2.05, 4.69) is 30.5 Å². The zero-order valence-corrected chi connectivity index (χ0v) is 10.9. The molecule has 0 saturated heterocycles. The molecule has 7 nitrogen and oxygen atoms in total. The molecule has 0 fully saturated rings. The average Bonchev–Trinajstić information content (AvgIpc) is 2.19. The van der Waals surface area contributed by atoms with Gasteiger partial charge in [0.1, 0.15) is 0 Å². The Balaban J connectivity index is -0.000000188. The van der Waals surface area contributed by atoms with Crippen molar-refractivity contribution in [2.24, 2.45) is 0 Å². The summed E-state index contributed by atoms with van der Waals surface area (Å²) in [6, 6.07) is 0. The van der Waals surface area contributed by atoms with Crippen LogP contribution in [0.3, 0.4) is 0 Å². The van der Waals surface area contributed by atoms with E-state index in [1.165, 1.54) is 0 Å². The lowest BCUT2D eigenvalue weighted by molar-refractivity contribution is -0.742. The van der Waals surface area contributed by atoms with Crippen LogP contribution in [-0.2, 0) is 9.53 Å². The standard InChI is InChI=1S/C6H10O2.C4H11N.HNO3/c1-4-8-6(7)5(2)3;1-3-5-4-2;2-1(3)4/h2,4H2,1,3H3;5H,3-4H2,1-2H3;(H,2,3,4). The van der Waals surface area contributed by atoms with Crippen LogP contribution in [0.2, 0.25) is 0 Å². The van der Waals surface area contributed by atoms with E-state index in [4.69, 9.17) is 15.3 Å². The van der Waals surface area contributed by atoms with Crippen molar-refractivity contribution in [1.29, 1.82) is 0 Å². The Morgan fingerprint density at radius 2 is 1.76 bits per heavy atom. The minimum Gasteiger partial charge on any atom is -0.463 e. The number of rotatable bonds is 4. The summed E-state index contributed by atoms with van der Waals surface area (Å²) >= 11 is 0. The Morgan fingerprint density at radius 3 is 1.82 bits per heavy atom. The van der Waals surface area contributed by atoms with E-state index in [-0.39, 0.29) is 5.97 Å². The van der Waals surface area contributed by atoms with Gasteiger partial charge >= 0.3 is 5.97 Å². The van der Waals surface area contributed by atoms with E-state index in [1.54, 1.807) is 13.8 Å². The molecule has 0 rings (SSSR count). The summed E-state index contributed by atoms with van der Waals surface area (Å²) in [4.78, 5) is 18.8. The molecular formula is C10H22N2O5. The Hall–Kier alpha value is -1.63. The second-order valence-corrected chi connectivity index (χ2v) is 2.70. The lowest BCUT2D eigenvalue weighted by Gasteiger charge is -1.96. The van der Waals surface area contributed by atoms with Gasteiger partial charge in [0.05, 0.1) is 6.61 Å². The molecule has 0 aromatic rings. The highest BCUT2D eigenvalue weighted by Crippen LogP contribution is 1.89. The molecular weight excluding hydrogens is 228 g/mol. The molecule has 2 N–H and O–H groups in total. The summed E-state index contributed by atoms with van der Waals surface area (Å²) in [6.45, 7) is 13.6. The van der Waals surface area contributed by atoms with Gasteiger partial charge in [0, 0.05) is 5.57 Å². The minimum atomic E-state index is -1.50. The number of carbonyl (C=O) groups excluding carboxylic acids is 1. The van der Waals surface area contributed by atoms with Crippen molar-refractivity contribution in [3.05, 3.63) is 22.3 Å². The van der Waals surface area contributed by atoms with Crippen LogP contribution in [0, 0.1) is 10.1 Å². The van der Waals surface area contributed by atoms with Gasteiger partial charge in [-0.2, -0.15) is 0 Å². The van der Waals surface area contributed by atoms with Gasteiger partial charge in [0.15, 0.2) is 0 Å². The van der Waals surface area contributed by atoms with E-state index in [0.29, 0.717) is 12.2 Å². The second kappa shape index (κ2) is 16.8. The Bertz CT molecular complexity index is 213. The van der Waals surface area contributed by atoms with Crippen LogP contribution >= 0.6 is 0 Å². The topological polar surface area (TPSA) is 102 Å². The predicted octanol–water partition coefficient (Wildman–Crippen LogP) is 1.39. The molecule has 0 bridgehead atoms. The van der Waals surface area contributed by atoms with Crippen molar-refractivity contribution in [3.63, 3.8) is 0 Å². The third-order valence-electron chi connectivity index (χ3n) is 1.12. The maximum absolute atomic E-state index is 10.4. The first-order valence-electron chi connectivity index (χ1n) is 5.19. The molecule has 17 heavy (non-hydrogen) atoms. The molecule has 0 spiro atoms. The molecule has 0 heterocycles. The van der Waals surface area contributed by atoms with E-state index in [0.717, 1.165) is 13.1 Å². The SMILES string of the molecule is C=C(C)C(=O)OCC.CCNCC.O=[N+]([O-])O. The Morgan fingerprint density at radius 1 is 1.41 bits per heavy atom. The van der Waals surface area contributed by atoms with E-state index < -0.39 is 5.09 Å². The van der Waals surface area contributed by atoms with Crippen LogP contribution < -0.4 is 5.32 Å². The first-order valence-corrected chi connectivity index (χ1v) is 5.19. The first kappa shape index (κ1) is 20.7. The molecule has 0 aliphatic carbocycles. The molecule has 102 valence electrons. The fourth-order valence-corrected chi connectivity index (χ4v) is 0.504. The van der Waals surface area contributed by atoms with Gasteiger partial charge in [0.2, 0.25) is 0 Å². The molecule has 0 aromatic heterocycles. The number of nitrogens with zero attached hydrogens (tertiary/aromatic N) is 1. The fraction of sp³-hybridized carbons (Fsp3) is 0.700.